The summed E-state index contributed by atoms with van der Waals surface area (Å²) < 4.78 is 0.770. The van der Waals surface area contributed by atoms with Gasteiger partial charge in [-0.05, 0) is 12.1 Å². The summed E-state index contributed by atoms with van der Waals surface area (Å²) in [6.45, 7) is 0. The van der Waals surface area contributed by atoms with Gasteiger partial charge in [0.2, 0.25) is 0 Å². The molecule has 0 atom stereocenters. The van der Waals surface area contributed by atoms with Crippen molar-refractivity contribution in [2.75, 3.05) is 18.1 Å². The third kappa shape index (κ3) is 1.57. The highest BCUT2D eigenvalue weighted by atomic mass is 79.9. The zero-order valence-corrected chi connectivity index (χ0v) is 7.64. The molecule has 0 spiro atoms. The highest BCUT2D eigenvalue weighted by molar-refractivity contribution is 9.10. The SMILES string of the molecule is CNc1c(N)cc(Br)cc1O. The molecule has 11 heavy (non-hydrogen) atoms. The number of aromatic hydroxyl groups is 1. The Morgan fingerprint density at radius 2 is 2.18 bits per heavy atom. The quantitative estimate of drug-likeness (QED) is 0.496. The molecular weight excluding hydrogens is 208 g/mol. The molecule has 0 unspecified atom stereocenters. The molecule has 0 radical (unpaired) electrons. The molecule has 1 aromatic carbocycles. The van der Waals surface area contributed by atoms with E-state index >= 15 is 0 Å². The van der Waals surface area contributed by atoms with Crippen molar-refractivity contribution < 1.29 is 5.11 Å². The van der Waals surface area contributed by atoms with Crippen molar-refractivity contribution in [1.82, 2.24) is 0 Å². The van der Waals surface area contributed by atoms with Gasteiger partial charge in [0.05, 0.1) is 11.4 Å². The van der Waals surface area contributed by atoms with Crippen molar-refractivity contribution in [2.45, 2.75) is 0 Å². The first-order chi connectivity index (χ1) is 5.15. The van der Waals surface area contributed by atoms with Crippen LogP contribution in [0.2, 0.25) is 0 Å². The topological polar surface area (TPSA) is 58.3 Å². The van der Waals surface area contributed by atoms with E-state index in [1.165, 1.54) is 0 Å². The first-order valence-corrected chi connectivity index (χ1v) is 3.90. The number of nitrogens with one attached hydrogen (secondary N) is 1. The summed E-state index contributed by atoms with van der Waals surface area (Å²) in [5.41, 5.74) is 6.67. The number of nitrogens with two attached hydrogens (primary N) is 1. The summed E-state index contributed by atoms with van der Waals surface area (Å²) in [6.07, 6.45) is 0. The fourth-order valence-corrected chi connectivity index (χ4v) is 1.35. The maximum absolute atomic E-state index is 9.30. The number of phenolic OH excluding ortho intramolecular Hbond substituents is 1. The van der Waals surface area contributed by atoms with E-state index in [1.807, 2.05) is 0 Å². The van der Waals surface area contributed by atoms with Gasteiger partial charge >= 0.3 is 0 Å². The molecule has 1 aromatic rings. The van der Waals surface area contributed by atoms with Crippen molar-refractivity contribution in [3.05, 3.63) is 16.6 Å². The molecule has 0 aliphatic rings. The number of benzene rings is 1. The summed E-state index contributed by atoms with van der Waals surface area (Å²) in [7, 11) is 1.71. The molecule has 0 aliphatic heterocycles. The van der Waals surface area contributed by atoms with E-state index < -0.39 is 0 Å². The largest absolute Gasteiger partial charge is 0.506 e. The summed E-state index contributed by atoms with van der Waals surface area (Å²) >= 11 is 3.21. The molecule has 4 N–H and O–H groups in total. The monoisotopic (exact) mass is 216 g/mol. The molecule has 0 saturated carbocycles. The Morgan fingerprint density at radius 1 is 1.55 bits per heavy atom. The van der Waals surface area contributed by atoms with Crippen LogP contribution in [0.3, 0.4) is 0 Å². The fourth-order valence-electron chi connectivity index (χ4n) is 0.885. The molecular formula is C7H9BrN2O. The van der Waals surface area contributed by atoms with Crippen molar-refractivity contribution in [1.29, 1.82) is 0 Å². The van der Waals surface area contributed by atoms with E-state index in [-0.39, 0.29) is 5.75 Å². The van der Waals surface area contributed by atoms with Gasteiger partial charge in [0, 0.05) is 11.5 Å². The van der Waals surface area contributed by atoms with Crippen LogP contribution in [0.25, 0.3) is 0 Å². The van der Waals surface area contributed by atoms with Crippen LogP contribution in [0.15, 0.2) is 16.6 Å². The Bertz CT molecular complexity index is 252. The zero-order valence-electron chi connectivity index (χ0n) is 6.06. The van der Waals surface area contributed by atoms with Gasteiger partial charge in [-0.2, -0.15) is 0 Å². The van der Waals surface area contributed by atoms with Crippen molar-refractivity contribution in [3.8, 4) is 5.75 Å². The standard InChI is InChI=1S/C7H9BrN2O/c1-10-7-5(9)2-4(8)3-6(7)11/h2-3,10-11H,9H2,1H3. The van der Waals surface area contributed by atoms with E-state index in [2.05, 4.69) is 21.2 Å². The maximum atomic E-state index is 9.30. The number of hydrogen-bond donors (Lipinski definition) is 3. The molecule has 60 valence electrons. The van der Waals surface area contributed by atoms with Crippen LogP contribution < -0.4 is 11.1 Å². The van der Waals surface area contributed by atoms with Crippen LogP contribution in [0, 0.1) is 0 Å². The Morgan fingerprint density at radius 3 is 2.64 bits per heavy atom. The smallest absolute Gasteiger partial charge is 0.141 e. The molecule has 0 aromatic heterocycles. The minimum absolute atomic E-state index is 0.152. The molecule has 3 nitrogen and oxygen atoms in total. The van der Waals surface area contributed by atoms with Gasteiger partial charge in [-0.15, -0.1) is 0 Å². The van der Waals surface area contributed by atoms with Gasteiger partial charge in [-0.3, -0.25) is 0 Å². The van der Waals surface area contributed by atoms with Gasteiger partial charge in [0.1, 0.15) is 5.75 Å². The minimum atomic E-state index is 0.152. The molecule has 0 aliphatic carbocycles. The van der Waals surface area contributed by atoms with E-state index in [1.54, 1.807) is 19.2 Å². The van der Waals surface area contributed by atoms with Gasteiger partial charge in [0.15, 0.2) is 0 Å². The third-order valence-electron chi connectivity index (χ3n) is 1.36. The van der Waals surface area contributed by atoms with Crippen LogP contribution in [-0.4, -0.2) is 12.2 Å². The summed E-state index contributed by atoms with van der Waals surface area (Å²) in [6, 6.07) is 3.31. The van der Waals surface area contributed by atoms with E-state index in [9.17, 15) is 5.11 Å². The van der Waals surface area contributed by atoms with Gasteiger partial charge in [0.25, 0.3) is 0 Å². The fraction of sp³-hybridized carbons (Fsp3) is 0.143. The molecule has 0 amide bonds. The molecule has 4 heteroatoms. The molecule has 0 fully saturated rings. The van der Waals surface area contributed by atoms with Crippen molar-refractivity contribution >= 4 is 27.3 Å². The van der Waals surface area contributed by atoms with E-state index in [0.717, 1.165) is 4.47 Å². The summed E-state index contributed by atoms with van der Waals surface area (Å²) in [5.74, 6) is 0.152. The molecule has 0 bridgehead atoms. The van der Waals surface area contributed by atoms with Crippen LogP contribution in [0.1, 0.15) is 0 Å². The predicted molar refractivity (Wildman–Crippen MR) is 49.8 cm³/mol. The van der Waals surface area contributed by atoms with Crippen LogP contribution >= 0.6 is 15.9 Å². The lowest BCUT2D eigenvalue weighted by Crippen LogP contribution is -1.95. The van der Waals surface area contributed by atoms with Gasteiger partial charge in [-0.1, -0.05) is 15.9 Å². The highest BCUT2D eigenvalue weighted by Gasteiger charge is 2.03. The number of halogens is 1. The Balaban J connectivity index is 3.25. The van der Waals surface area contributed by atoms with Gasteiger partial charge in [-0.25, -0.2) is 0 Å². The maximum Gasteiger partial charge on any atom is 0.141 e. The van der Waals surface area contributed by atoms with Crippen molar-refractivity contribution in [2.24, 2.45) is 0 Å². The number of rotatable bonds is 1. The van der Waals surface area contributed by atoms with E-state index in [0.29, 0.717) is 11.4 Å². The van der Waals surface area contributed by atoms with Crippen LogP contribution in [0.5, 0.6) is 5.75 Å². The number of phenols is 1. The average molecular weight is 217 g/mol. The van der Waals surface area contributed by atoms with E-state index in [4.69, 9.17) is 5.73 Å². The second-order valence-electron chi connectivity index (χ2n) is 2.14. The Labute approximate surface area is 73.3 Å². The normalized spacial score (nSPS) is 9.64. The summed E-state index contributed by atoms with van der Waals surface area (Å²) in [4.78, 5) is 0. The number of anilines is 2. The van der Waals surface area contributed by atoms with Crippen LogP contribution in [-0.2, 0) is 0 Å². The minimum Gasteiger partial charge on any atom is -0.506 e. The Hall–Kier alpha value is -0.900. The van der Waals surface area contributed by atoms with Gasteiger partial charge < -0.3 is 16.2 Å². The molecule has 0 heterocycles. The second kappa shape index (κ2) is 3.00. The lowest BCUT2D eigenvalue weighted by Gasteiger charge is -2.07. The highest BCUT2D eigenvalue weighted by Crippen LogP contribution is 2.32. The average Bonchev–Trinajstić information content (AvgIpc) is 1.85. The lowest BCUT2D eigenvalue weighted by molar-refractivity contribution is 0.477. The third-order valence-corrected chi connectivity index (χ3v) is 1.82. The first-order valence-electron chi connectivity index (χ1n) is 3.11. The van der Waals surface area contributed by atoms with Crippen LogP contribution in [0.4, 0.5) is 11.4 Å². The lowest BCUT2D eigenvalue weighted by atomic mass is 10.2. The predicted octanol–water partition coefficient (Wildman–Crippen LogP) is 1.78. The van der Waals surface area contributed by atoms with Crippen molar-refractivity contribution in [3.63, 3.8) is 0 Å². The second-order valence-corrected chi connectivity index (χ2v) is 3.05. The first kappa shape index (κ1) is 8.20. The molecule has 1 rings (SSSR count). The number of nitrogen functional groups attached to an aromatic ring is 1. The zero-order chi connectivity index (χ0) is 8.43. The summed E-state index contributed by atoms with van der Waals surface area (Å²) in [5, 5.41) is 12.1. The Kier molecular flexibility index (Phi) is 2.24. The number of hydrogen-bond acceptors (Lipinski definition) is 3. The molecule has 0 saturated heterocycles.